The van der Waals surface area contributed by atoms with E-state index in [1.165, 1.54) is 0 Å². The number of nitrogens with zero attached hydrogens (tertiary/aromatic N) is 1. The van der Waals surface area contributed by atoms with Crippen LogP contribution in [-0.4, -0.2) is 10.8 Å². The topological polar surface area (TPSA) is 39.2 Å². The van der Waals surface area contributed by atoms with E-state index in [4.69, 9.17) is 4.74 Å². The van der Waals surface area contributed by atoms with Gasteiger partial charge in [0.2, 0.25) is 0 Å². The predicted molar refractivity (Wildman–Crippen MR) is 76.7 cm³/mol. The third kappa shape index (κ3) is 4.17. The third-order valence-corrected chi connectivity index (χ3v) is 3.71. The fourth-order valence-corrected chi connectivity index (χ4v) is 2.46. The quantitative estimate of drug-likeness (QED) is 0.811. The van der Waals surface area contributed by atoms with Crippen LogP contribution in [0.4, 0.5) is 0 Å². The lowest BCUT2D eigenvalue weighted by Crippen LogP contribution is -1.98. The summed E-state index contributed by atoms with van der Waals surface area (Å²) in [5.41, 5.74) is 1.98. The molecule has 2 aromatic rings. The molecule has 0 atom stereocenters. The van der Waals surface area contributed by atoms with Crippen molar-refractivity contribution in [1.82, 2.24) is 4.98 Å². The number of carbonyl (C=O) groups excluding carboxylic acids is 1. The average molecular weight is 275 g/mol. The smallest absolute Gasteiger partial charge is 0.134 e. The number of benzene rings is 1. The minimum absolute atomic E-state index is 0.170. The van der Waals surface area contributed by atoms with E-state index < -0.39 is 0 Å². The Bertz CT molecular complexity index is 546. The zero-order chi connectivity index (χ0) is 13.7. The highest BCUT2D eigenvalue weighted by atomic mass is 32.1. The fraction of sp³-hybridized carbons (Fsp3) is 0.333. The molecule has 1 aromatic heterocycles. The SMILES string of the molecule is CCc1nc(COc2ccc(CC(C)=O)cc2)cs1. The van der Waals surface area contributed by atoms with Gasteiger partial charge >= 0.3 is 0 Å². The Morgan fingerprint density at radius 3 is 2.63 bits per heavy atom. The van der Waals surface area contributed by atoms with E-state index in [9.17, 15) is 4.79 Å². The Hall–Kier alpha value is -1.68. The molecular weight excluding hydrogens is 258 g/mol. The zero-order valence-electron chi connectivity index (χ0n) is 11.2. The van der Waals surface area contributed by atoms with E-state index in [2.05, 4.69) is 11.9 Å². The molecule has 0 saturated carbocycles. The van der Waals surface area contributed by atoms with Crippen molar-refractivity contribution in [3.63, 3.8) is 0 Å². The summed E-state index contributed by atoms with van der Waals surface area (Å²) >= 11 is 1.67. The van der Waals surface area contributed by atoms with Crippen LogP contribution in [-0.2, 0) is 24.2 Å². The van der Waals surface area contributed by atoms with Crippen LogP contribution in [0.25, 0.3) is 0 Å². The first-order valence-corrected chi connectivity index (χ1v) is 7.19. The van der Waals surface area contributed by atoms with E-state index >= 15 is 0 Å². The zero-order valence-corrected chi connectivity index (χ0v) is 12.0. The number of Topliss-reactive ketones (excluding diaryl/α,β-unsaturated/α-hetero) is 1. The lowest BCUT2D eigenvalue weighted by Gasteiger charge is -2.05. The molecule has 0 aliphatic carbocycles. The summed E-state index contributed by atoms with van der Waals surface area (Å²) in [4.78, 5) is 15.5. The maximum absolute atomic E-state index is 11.0. The second-order valence-corrected chi connectivity index (χ2v) is 5.34. The summed E-state index contributed by atoms with van der Waals surface area (Å²) in [6, 6.07) is 7.64. The molecular formula is C15H17NO2S. The Morgan fingerprint density at radius 1 is 1.32 bits per heavy atom. The molecule has 2 rings (SSSR count). The molecule has 4 heteroatoms. The van der Waals surface area contributed by atoms with Crippen LogP contribution in [0.15, 0.2) is 29.6 Å². The molecule has 0 unspecified atom stereocenters. The van der Waals surface area contributed by atoms with Crippen molar-refractivity contribution in [1.29, 1.82) is 0 Å². The number of rotatable bonds is 6. The van der Waals surface area contributed by atoms with Gasteiger partial charge in [-0.15, -0.1) is 11.3 Å². The lowest BCUT2D eigenvalue weighted by molar-refractivity contribution is -0.116. The lowest BCUT2D eigenvalue weighted by atomic mass is 10.1. The van der Waals surface area contributed by atoms with Crippen LogP contribution in [0.3, 0.4) is 0 Å². The van der Waals surface area contributed by atoms with Crippen molar-refractivity contribution in [3.05, 3.63) is 45.9 Å². The van der Waals surface area contributed by atoms with Crippen LogP contribution in [0, 0.1) is 0 Å². The second kappa shape index (κ2) is 6.48. The number of hydrogen-bond donors (Lipinski definition) is 0. The number of hydrogen-bond acceptors (Lipinski definition) is 4. The standard InChI is InChI=1S/C15H17NO2S/c1-3-15-16-13(10-19-15)9-18-14-6-4-12(5-7-14)8-11(2)17/h4-7,10H,3,8-9H2,1-2H3. The first kappa shape index (κ1) is 13.7. The Balaban J connectivity index is 1.90. The molecule has 0 aliphatic rings. The summed E-state index contributed by atoms with van der Waals surface area (Å²) in [6.07, 6.45) is 1.44. The number of ether oxygens (including phenoxy) is 1. The molecule has 0 saturated heterocycles. The van der Waals surface area contributed by atoms with E-state index in [0.717, 1.165) is 28.4 Å². The highest BCUT2D eigenvalue weighted by molar-refractivity contribution is 7.09. The maximum Gasteiger partial charge on any atom is 0.134 e. The third-order valence-electron chi connectivity index (χ3n) is 2.66. The average Bonchev–Trinajstić information content (AvgIpc) is 2.85. The molecule has 0 aliphatic heterocycles. The van der Waals surface area contributed by atoms with Gasteiger partial charge in [-0.25, -0.2) is 4.98 Å². The maximum atomic E-state index is 11.0. The van der Waals surface area contributed by atoms with Gasteiger partial charge in [0.1, 0.15) is 18.1 Å². The van der Waals surface area contributed by atoms with E-state index in [-0.39, 0.29) is 5.78 Å². The fourth-order valence-electron chi connectivity index (χ4n) is 1.73. The molecule has 1 aromatic carbocycles. The second-order valence-electron chi connectivity index (χ2n) is 4.40. The number of aromatic nitrogens is 1. The van der Waals surface area contributed by atoms with Crippen molar-refractivity contribution in [2.24, 2.45) is 0 Å². The number of ketones is 1. The first-order valence-electron chi connectivity index (χ1n) is 6.32. The van der Waals surface area contributed by atoms with Gasteiger partial charge in [0, 0.05) is 11.8 Å². The van der Waals surface area contributed by atoms with Gasteiger partial charge in [-0.2, -0.15) is 0 Å². The van der Waals surface area contributed by atoms with Gasteiger partial charge in [0.25, 0.3) is 0 Å². The van der Waals surface area contributed by atoms with Crippen molar-refractivity contribution >= 4 is 17.1 Å². The summed E-state index contributed by atoms with van der Waals surface area (Å²) < 4.78 is 5.67. The Morgan fingerprint density at radius 2 is 2.05 bits per heavy atom. The molecule has 0 radical (unpaired) electrons. The van der Waals surface area contributed by atoms with Gasteiger partial charge < -0.3 is 4.74 Å². The van der Waals surface area contributed by atoms with Gasteiger partial charge in [0.15, 0.2) is 0 Å². The summed E-state index contributed by atoms with van der Waals surface area (Å²) in [5, 5.41) is 3.17. The number of carbonyl (C=O) groups is 1. The van der Waals surface area contributed by atoms with E-state index in [1.807, 2.05) is 29.6 Å². The van der Waals surface area contributed by atoms with Gasteiger partial charge in [-0.05, 0) is 31.0 Å². The normalized spacial score (nSPS) is 10.4. The highest BCUT2D eigenvalue weighted by Gasteiger charge is 2.02. The monoisotopic (exact) mass is 275 g/mol. The van der Waals surface area contributed by atoms with Crippen LogP contribution >= 0.6 is 11.3 Å². The van der Waals surface area contributed by atoms with Crippen LogP contribution in [0.5, 0.6) is 5.75 Å². The highest BCUT2D eigenvalue weighted by Crippen LogP contribution is 2.16. The molecule has 0 N–H and O–H groups in total. The minimum Gasteiger partial charge on any atom is -0.487 e. The van der Waals surface area contributed by atoms with Crippen LogP contribution < -0.4 is 4.74 Å². The minimum atomic E-state index is 0.170. The van der Waals surface area contributed by atoms with Crippen LogP contribution in [0.1, 0.15) is 30.1 Å². The molecule has 0 fully saturated rings. The molecule has 1 heterocycles. The van der Waals surface area contributed by atoms with Crippen molar-refractivity contribution in [2.45, 2.75) is 33.3 Å². The van der Waals surface area contributed by atoms with Gasteiger partial charge in [-0.1, -0.05) is 19.1 Å². The first-order chi connectivity index (χ1) is 9.17. The molecule has 100 valence electrons. The Labute approximate surface area is 117 Å². The molecule has 0 spiro atoms. The van der Waals surface area contributed by atoms with Crippen molar-refractivity contribution in [2.75, 3.05) is 0 Å². The van der Waals surface area contributed by atoms with E-state index in [1.54, 1.807) is 18.3 Å². The van der Waals surface area contributed by atoms with Crippen molar-refractivity contribution in [3.8, 4) is 5.75 Å². The molecule has 19 heavy (non-hydrogen) atoms. The summed E-state index contributed by atoms with van der Waals surface area (Å²) in [7, 11) is 0. The Kier molecular flexibility index (Phi) is 4.68. The molecule has 0 amide bonds. The van der Waals surface area contributed by atoms with Gasteiger partial charge in [-0.3, -0.25) is 4.79 Å². The predicted octanol–water partition coefficient (Wildman–Crippen LogP) is 3.42. The largest absolute Gasteiger partial charge is 0.487 e. The summed E-state index contributed by atoms with van der Waals surface area (Å²) in [5.74, 6) is 0.974. The van der Waals surface area contributed by atoms with Gasteiger partial charge in [0.05, 0.1) is 10.7 Å². The van der Waals surface area contributed by atoms with E-state index in [0.29, 0.717) is 13.0 Å². The summed E-state index contributed by atoms with van der Waals surface area (Å²) in [6.45, 7) is 4.18. The molecule has 0 bridgehead atoms. The number of aryl methyl sites for hydroxylation is 1. The number of thiazole rings is 1. The molecule has 3 nitrogen and oxygen atoms in total. The van der Waals surface area contributed by atoms with Crippen LogP contribution in [0.2, 0.25) is 0 Å². The van der Waals surface area contributed by atoms with Crippen molar-refractivity contribution < 1.29 is 9.53 Å².